The monoisotopic (exact) mass is 486 g/mol. The maximum atomic E-state index is 13.8. The van der Waals surface area contributed by atoms with Crippen molar-refractivity contribution >= 4 is 28.6 Å². The molecule has 1 aliphatic carbocycles. The predicted molar refractivity (Wildman–Crippen MR) is 139 cm³/mol. The largest absolute Gasteiger partial charge is 0.477 e. The van der Waals surface area contributed by atoms with Crippen LogP contribution in [0.3, 0.4) is 0 Å². The van der Waals surface area contributed by atoms with E-state index in [9.17, 15) is 19.5 Å². The zero-order valence-electron chi connectivity index (χ0n) is 20.8. The van der Waals surface area contributed by atoms with Gasteiger partial charge in [-0.05, 0) is 67.3 Å². The number of likely N-dealkylation sites (tertiary alicyclic amines) is 1. The first kappa shape index (κ1) is 24.3. The highest BCUT2D eigenvalue weighted by Gasteiger charge is 2.44. The second-order valence-electron chi connectivity index (χ2n) is 10.5. The minimum absolute atomic E-state index is 0.00997. The number of rotatable bonds is 7. The molecule has 2 aromatic carbocycles. The lowest BCUT2D eigenvalue weighted by Crippen LogP contribution is -2.46. The molecule has 0 radical (unpaired) electrons. The number of carbonyl (C=O) groups excluding carboxylic acids is 2. The molecule has 6 nitrogen and oxygen atoms in total. The zero-order valence-corrected chi connectivity index (χ0v) is 20.8. The van der Waals surface area contributed by atoms with Gasteiger partial charge in [-0.15, -0.1) is 0 Å². The Labute approximate surface area is 211 Å². The van der Waals surface area contributed by atoms with Gasteiger partial charge in [0, 0.05) is 35.7 Å². The van der Waals surface area contributed by atoms with E-state index in [0.29, 0.717) is 12.5 Å². The molecule has 2 atom stereocenters. The van der Waals surface area contributed by atoms with Crippen LogP contribution in [-0.2, 0) is 16.0 Å². The molecule has 1 aromatic heterocycles. The van der Waals surface area contributed by atoms with Gasteiger partial charge in [-0.25, -0.2) is 4.79 Å². The summed E-state index contributed by atoms with van der Waals surface area (Å²) in [6, 6.07) is 16.8. The average Bonchev–Trinajstić information content (AvgIpc) is 3.54. The molecule has 3 aromatic rings. The number of hydrogen-bond donors (Lipinski definition) is 2. The summed E-state index contributed by atoms with van der Waals surface area (Å²) in [5, 5.41) is 10.0. The Hall–Kier alpha value is -3.41. The number of nitrogens with one attached hydrogen (secondary N) is 1. The Morgan fingerprint density at radius 3 is 2.42 bits per heavy atom. The number of carboxylic acids is 1. The van der Waals surface area contributed by atoms with Crippen molar-refractivity contribution in [3.63, 3.8) is 0 Å². The second kappa shape index (κ2) is 10.3. The van der Waals surface area contributed by atoms with Crippen LogP contribution >= 0.6 is 0 Å². The van der Waals surface area contributed by atoms with Gasteiger partial charge in [0.25, 0.3) is 0 Å². The molecular formula is C30H34N2O4. The number of ketones is 1. The fraction of sp³-hybridized carbons (Fsp3) is 0.433. The number of aromatic carboxylic acids is 1. The summed E-state index contributed by atoms with van der Waals surface area (Å²) >= 11 is 0. The number of H-pyrrole nitrogens is 1. The Bertz CT molecular complexity index is 1260. The zero-order chi connectivity index (χ0) is 25.2. The highest BCUT2D eigenvalue weighted by molar-refractivity contribution is 5.95. The van der Waals surface area contributed by atoms with Gasteiger partial charge in [-0.1, -0.05) is 49.7 Å². The van der Waals surface area contributed by atoms with Gasteiger partial charge in [-0.3, -0.25) is 9.59 Å². The van der Waals surface area contributed by atoms with E-state index in [1.807, 2.05) is 41.3 Å². The van der Waals surface area contributed by atoms with Crippen LogP contribution < -0.4 is 0 Å². The number of aromatic nitrogens is 1. The molecule has 5 rings (SSSR count). The Morgan fingerprint density at radius 1 is 0.972 bits per heavy atom. The fourth-order valence-electron chi connectivity index (χ4n) is 6.25. The van der Waals surface area contributed by atoms with Crippen LogP contribution in [0.15, 0.2) is 54.6 Å². The lowest BCUT2D eigenvalue weighted by atomic mass is 9.80. The van der Waals surface area contributed by atoms with Crippen LogP contribution in [0.2, 0.25) is 0 Å². The first-order valence-electron chi connectivity index (χ1n) is 13.2. The summed E-state index contributed by atoms with van der Waals surface area (Å²) in [5.74, 6) is -0.0963. The number of benzene rings is 2. The molecule has 2 N–H and O–H groups in total. The minimum atomic E-state index is -1.01. The van der Waals surface area contributed by atoms with Gasteiger partial charge in [0.1, 0.15) is 5.69 Å². The highest BCUT2D eigenvalue weighted by atomic mass is 16.4. The van der Waals surface area contributed by atoms with Crippen molar-refractivity contribution in [1.29, 1.82) is 0 Å². The van der Waals surface area contributed by atoms with Crippen LogP contribution in [0.4, 0.5) is 0 Å². The molecule has 1 unspecified atom stereocenters. The van der Waals surface area contributed by atoms with E-state index in [-0.39, 0.29) is 35.6 Å². The molecule has 36 heavy (non-hydrogen) atoms. The van der Waals surface area contributed by atoms with Crippen molar-refractivity contribution < 1.29 is 19.5 Å². The smallest absolute Gasteiger partial charge is 0.352 e. The number of carbonyl (C=O) groups is 3. The summed E-state index contributed by atoms with van der Waals surface area (Å²) < 4.78 is 0. The standard InChI is InChI=1S/C30H34N2O4/c1-2-19-8-11-22(12-9-19)29(34)32-15-14-24(21-6-4-3-5-7-21)28(32)27(33)17-20-10-13-25-23(16-20)18-26(31-25)30(35)36/h3-7,10,13,16,18-19,22,24,28,31H,2,8-9,11-12,14-15,17H2,1H3,(H,35,36)/t19?,22?,24?,28-/m0/s1. The minimum Gasteiger partial charge on any atom is -0.477 e. The molecule has 1 saturated heterocycles. The maximum Gasteiger partial charge on any atom is 0.352 e. The summed E-state index contributed by atoms with van der Waals surface area (Å²) in [4.78, 5) is 43.6. The Morgan fingerprint density at radius 2 is 1.72 bits per heavy atom. The van der Waals surface area contributed by atoms with E-state index in [0.717, 1.165) is 54.1 Å². The van der Waals surface area contributed by atoms with Gasteiger partial charge in [0.05, 0.1) is 6.04 Å². The van der Waals surface area contributed by atoms with Crippen molar-refractivity contribution in [2.24, 2.45) is 11.8 Å². The van der Waals surface area contributed by atoms with Crippen molar-refractivity contribution in [1.82, 2.24) is 9.88 Å². The molecule has 1 amide bonds. The third kappa shape index (κ3) is 4.81. The van der Waals surface area contributed by atoms with Gasteiger partial charge >= 0.3 is 5.97 Å². The van der Waals surface area contributed by atoms with Crippen molar-refractivity contribution in [3.8, 4) is 0 Å². The van der Waals surface area contributed by atoms with Gasteiger partial charge in [-0.2, -0.15) is 0 Å². The van der Waals surface area contributed by atoms with Crippen LogP contribution in [-0.4, -0.2) is 45.2 Å². The van der Waals surface area contributed by atoms with Crippen LogP contribution in [0, 0.1) is 11.8 Å². The maximum absolute atomic E-state index is 13.8. The molecule has 2 heterocycles. The molecule has 1 saturated carbocycles. The second-order valence-corrected chi connectivity index (χ2v) is 10.5. The molecule has 0 spiro atoms. The fourth-order valence-corrected chi connectivity index (χ4v) is 6.25. The number of fused-ring (bicyclic) bond motifs is 1. The number of hydrogen-bond acceptors (Lipinski definition) is 3. The van der Waals surface area contributed by atoms with Crippen LogP contribution in [0.1, 0.15) is 73.0 Å². The first-order chi connectivity index (χ1) is 17.4. The first-order valence-corrected chi connectivity index (χ1v) is 13.2. The normalized spacial score (nSPS) is 24.2. The summed E-state index contributed by atoms with van der Waals surface area (Å²) in [5.41, 5.74) is 2.79. The summed E-state index contributed by atoms with van der Waals surface area (Å²) in [6.07, 6.45) is 6.19. The van der Waals surface area contributed by atoms with E-state index in [1.165, 1.54) is 6.42 Å². The number of nitrogens with zero attached hydrogens (tertiary/aromatic N) is 1. The van der Waals surface area contributed by atoms with E-state index >= 15 is 0 Å². The van der Waals surface area contributed by atoms with E-state index in [2.05, 4.69) is 24.0 Å². The number of Topliss-reactive ketones (excluding diaryl/α,β-unsaturated/α-hetero) is 1. The van der Waals surface area contributed by atoms with Crippen molar-refractivity contribution in [3.05, 3.63) is 71.4 Å². The Kier molecular flexibility index (Phi) is 6.95. The molecule has 2 fully saturated rings. The molecule has 2 aliphatic rings. The summed E-state index contributed by atoms with van der Waals surface area (Å²) in [7, 11) is 0. The van der Waals surface area contributed by atoms with Crippen LogP contribution in [0.5, 0.6) is 0 Å². The van der Waals surface area contributed by atoms with Crippen molar-refractivity contribution in [2.75, 3.05) is 6.54 Å². The third-order valence-electron chi connectivity index (χ3n) is 8.31. The molecule has 6 heteroatoms. The quantitative estimate of drug-likeness (QED) is 0.456. The predicted octanol–water partition coefficient (Wildman–Crippen LogP) is 5.58. The van der Waals surface area contributed by atoms with E-state index in [4.69, 9.17) is 0 Å². The average molecular weight is 487 g/mol. The van der Waals surface area contributed by atoms with Crippen molar-refractivity contribution in [2.45, 2.75) is 63.8 Å². The number of carboxylic acid groups (broad SMARTS) is 1. The van der Waals surface area contributed by atoms with E-state index in [1.54, 1.807) is 6.07 Å². The molecule has 1 aliphatic heterocycles. The third-order valence-corrected chi connectivity index (χ3v) is 8.31. The lowest BCUT2D eigenvalue weighted by molar-refractivity contribution is -0.142. The van der Waals surface area contributed by atoms with Gasteiger partial charge < -0.3 is 15.0 Å². The number of amides is 1. The molecule has 188 valence electrons. The topological polar surface area (TPSA) is 90.5 Å². The summed E-state index contributed by atoms with van der Waals surface area (Å²) in [6.45, 7) is 2.83. The lowest BCUT2D eigenvalue weighted by Gasteiger charge is -2.33. The Balaban J connectivity index is 1.39. The molecular weight excluding hydrogens is 452 g/mol. The van der Waals surface area contributed by atoms with Gasteiger partial charge in [0.2, 0.25) is 5.91 Å². The van der Waals surface area contributed by atoms with E-state index < -0.39 is 12.0 Å². The number of aromatic amines is 1. The molecule has 0 bridgehead atoms. The highest BCUT2D eigenvalue weighted by Crippen LogP contribution is 2.38. The van der Waals surface area contributed by atoms with Gasteiger partial charge in [0.15, 0.2) is 5.78 Å². The SMILES string of the molecule is CCC1CCC(C(=O)N2CCC(c3ccccc3)[C@H]2C(=O)Cc2ccc3[nH]c(C(=O)O)cc3c2)CC1. The van der Waals surface area contributed by atoms with Crippen LogP contribution in [0.25, 0.3) is 10.9 Å².